The van der Waals surface area contributed by atoms with Crippen molar-refractivity contribution in [3.8, 4) is 5.75 Å². The molecule has 0 aromatic heterocycles. The number of aliphatic hydroxyl groups is 1. The van der Waals surface area contributed by atoms with E-state index in [1.54, 1.807) is 13.2 Å². The molecule has 0 radical (unpaired) electrons. The summed E-state index contributed by atoms with van der Waals surface area (Å²) in [5.74, 6) is -0.383. The number of alkyl halides is 3. The number of hydrogen-bond donors (Lipinski definition) is 2. The van der Waals surface area contributed by atoms with E-state index in [-0.39, 0.29) is 17.7 Å². The van der Waals surface area contributed by atoms with Gasteiger partial charge < -0.3 is 19.9 Å². The van der Waals surface area contributed by atoms with Gasteiger partial charge >= 0.3 is 6.36 Å². The highest BCUT2D eigenvalue weighted by Crippen LogP contribution is 2.34. The predicted octanol–water partition coefficient (Wildman–Crippen LogP) is 2.42. The predicted molar refractivity (Wildman–Crippen MR) is 72.1 cm³/mol. The maximum Gasteiger partial charge on any atom is 0.573 e. The van der Waals surface area contributed by atoms with Crippen molar-refractivity contribution in [2.24, 2.45) is 0 Å². The molecule has 120 valence electrons. The smallest absolute Gasteiger partial charge is 0.405 e. The third-order valence-electron chi connectivity index (χ3n) is 2.96. The molecule has 0 heterocycles. The monoisotopic (exact) mass is 307 g/mol. The third kappa shape index (κ3) is 6.33. The van der Waals surface area contributed by atoms with Gasteiger partial charge in [-0.3, -0.25) is 0 Å². The Bertz CT molecular complexity index is 436. The highest BCUT2D eigenvalue weighted by atomic mass is 19.4. The molecule has 0 amide bonds. The van der Waals surface area contributed by atoms with Gasteiger partial charge in [0.15, 0.2) is 0 Å². The summed E-state index contributed by atoms with van der Waals surface area (Å²) in [7, 11) is 1.57. The largest absolute Gasteiger partial charge is 0.573 e. The van der Waals surface area contributed by atoms with Crippen LogP contribution in [0.1, 0.15) is 18.9 Å². The maximum absolute atomic E-state index is 12.4. The van der Waals surface area contributed by atoms with E-state index in [1.165, 1.54) is 25.1 Å². The normalized spacial score (nSPS) is 14.8. The summed E-state index contributed by atoms with van der Waals surface area (Å²) < 4.78 is 45.9. The van der Waals surface area contributed by atoms with Crippen LogP contribution in [0.4, 0.5) is 13.2 Å². The van der Waals surface area contributed by atoms with Gasteiger partial charge in [-0.25, -0.2) is 0 Å². The van der Waals surface area contributed by atoms with E-state index in [2.05, 4.69) is 10.1 Å². The van der Waals surface area contributed by atoms with E-state index in [0.717, 1.165) is 0 Å². The Hall–Kier alpha value is -1.31. The molecule has 0 bridgehead atoms. The molecule has 4 nitrogen and oxygen atoms in total. The number of ether oxygens (including phenoxy) is 2. The summed E-state index contributed by atoms with van der Waals surface area (Å²) in [6, 6.07) is 5.61. The zero-order valence-corrected chi connectivity index (χ0v) is 12.0. The van der Waals surface area contributed by atoms with Gasteiger partial charge in [-0.05, 0) is 26.0 Å². The standard InChI is InChI=1S/C14H20F3NO3/c1-13(19,7-8-18-9-10-20-2)11-5-3-4-6-12(11)21-14(15,16)17/h3-6,18-19H,7-10H2,1-2H3. The molecule has 1 rings (SSSR count). The van der Waals surface area contributed by atoms with Gasteiger partial charge in [-0.15, -0.1) is 13.2 Å². The van der Waals surface area contributed by atoms with E-state index in [0.29, 0.717) is 19.7 Å². The number of halogens is 3. The minimum Gasteiger partial charge on any atom is -0.405 e. The molecule has 7 heteroatoms. The van der Waals surface area contributed by atoms with Crippen LogP contribution in [0.2, 0.25) is 0 Å². The molecule has 0 spiro atoms. The fourth-order valence-electron chi connectivity index (χ4n) is 1.89. The zero-order valence-electron chi connectivity index (χ0n) is 12.0. The fourth-order valence-corrected chi connectivity index (χ4v) is 1.89. The first-order valence-electron chi connectivity index (χ1n) is 6.53. The third-order valence-corrected chi connectivity index (χ3v) is 2.96. The molecule has 1 unspecified atom stereocenters. The molecule has 0 aliphatic heterocycles. The molecule has 0 saturated heterocycles. The summed E-state index contributed by atoms with van der Waals surface area (Å²) in [6.07, 6.45) is -4.54. The zero-order chi connectivity index (χ0) is 15.9. The summed E-state index contributed by atoms with van der Waals surface area (Å²) >= 11 is 0. The Morgan fingerprint density at radius 3 is 2.48 bits per heavy atom. The Morgan fingerprint density at radius 1 is 1.19 bits per heavy atom. The van der Waals surface area contributed by atoms with Crippen molar-refractivity contribution in [2.45, 2.75) is 25.3 Å². The van der Waals surface area contributed by atoms with Gasteiger partial charge in [-0.1, -0.05) is 18.2 Å². The Kier molecular flexibility index (Phi) is 6.44. The van der Waals surface area contributed by atoms with Gasteiger partial charge in [-0.2, -0.15) is 0 Å². The van der Waals surface area contributed by atoms with E-state index in [9.17, 15) is 18.3 Å². The van der Waals surface area contributed by atoms with Gasteiger partial charge in [0.25, 0.3) is 0 Å². The molecule has 0 aliphatic rings. The lowest BCUT2D eigenvalue weighted by Crippen LogP contribution is -2.30. The van der Waals surface area contributed by atoms with Gasteiger partial charge in [0.05, 0.1) is 12.2 Å². The topological polar surface area (TPSA) is 50.7 Å². The van der Waals surface area contributed by atoms with Crippen molar-refractivity contribution in [1.29, 1.82) is 0 Å². The van der Waals surface area contributed by atoms with Crippen LogP contribution in [0, 0.1) is 0 Å². The first-order chi connectivity index (χ1) is 9.76. The molecule has 0 aliphatic carbocycles. The summed E-state index contributed by atoms with van der Waals surface area (Å²) in [5, 5.41) is 13.4. The van der Waals surface area contributed by atoms with Crippen LogP contribution in [0.15, 0.2) is 24.3 Å². The number of hydrogen-bond acceptors (Lipinski definition) is 4. The number of para-hydroxylation sites is 1. The lowest BCUT2D eigenvalue weighted by atomic mass is 9.91. The van der Waals surface area contributed by atoms with Crippen molar-refractivity contribution in [3.63, 3.8) is 0 Å². The second kappa shape index (κ2) is 7.63. The van der Waals surface area contributed by atoms with E-state index < -0.39 is 12.0 Å². The van der Waals surface area contributed by atoms with E-state index in [1.807, 2.05) is 0 Å². The average Bonchev–Trinajstić information content (AvgIpc) is 2.37. The number of methoxy groups -OCH3 is 1. The number of nitrogens with one attached hydrogen (secondary N) is 1. The molecule has 2 N–H and O–H groups in total. The minimum atomic E-state index is -4.79. The first kappa shape index (κ1) is 17.7. The Labute approximate surface area is 121 Å². The lowest BCUT2D eigenvalue weighted by Gasteiger charge is -2.26. The van der Waals surface area contributed by atoms with Crippen LogP contribution in [-0.4, -0.2) is 38.3 Å². The summed E-state index contributed by atoms with van der Waals surface area (Å²) in [5.41, 5.74) is -1.32. The van der Waals surface area contributed by atoms with Crippen LogP contribution in [-0.2, 0) is 10.3 Å². The molecule has 0 saturated carbocycles. The van der Waals surface area contributed by atoms with Gasteiger partial charge in [0, 0.05) is 19.2 Å². The maximum atomic E-state index is 12.4. The van der Waals surface area contributed by atoms with Crippen LogP contribution in [0.25, 0.3) is 0 Å². The highest BCUT2D eigenvalue weighted by molar-refractivity contribution is 5.37. The minimum absolute atomic E-state index is 0.107. The van der Waals surface area contributed by atoms with E-state index in [4.69, 9.17) is 4.74 Å². The van der Waals surface area contributed by atoms with Crippen LogP contribution in [0.3, 0.4) is 0 Å². The van der Waals surface area contributed by atoms with Crippen LogP contribution >= 0.6 is 0 Å². The highest BCUT2D eigenvalue weighted by Gasteiger charge is 2.35. The van der Waals surface area contributed by atoms with Crippen molar-refractivity contribution < 1.29 is 27.8 Å². The second-order valence-electron chi connectivity index (χ2n) is 4.81. The second-order valence-corrected chi connectivity index (χ2v) is 4.81. The number of rotatable bonds is 8. The average molecular weight is 307 g/mol. The Morgan fingerprint density at radius 2 is 1.86 bits per heavy atom. The van der Waals surface area contributed by atoms with Crippen molar-refractivity contribution in [2.75, 3.05) is 26.8 Å². The summed E-state index contributed by atoms with van der Waals surface area (Å²) in [6.45, 7) is 3.03. The van der Waals surface area contributed by atoms with Gasteiger partial charge in [0.2, 0.25) is 0 Å². The van der Waals surface area contributed by atoms with Crippen molar-refractivity contribution >= 4 is 0 Å². The SMILES string of the molecule is COCCNCCC(C)(O)c1ccccc1OC(F)(F)F. The molecule has 1 aromatic carbocycles. The van der Waals surface area contributed by atoms with E-state index >= 15 is 0 Å². The molecular weight excluding hydrogens is 287 g/mol. The van der Waals surface area contributed by atoms with Crippen molar-refractivity contribution in [1.82, 2.24) is 5.32 Å². The molecule has 0 fully saturated rings. The molecule has 1 atom stereocenters. The van der Waals surface area contributed by atoms with Crippen LogP contribution in [0.5, 0.6) is 5.75 Å². The summed E-state index contributed by atoms with van der Waals surface area (Å²) in [4.78, 5) is 0. The fraction of sp³-hybridized carbons (Fsp3) is 0.571. The van der Waals surface area contributed by atoms with Crippen LogP contribution < -0.4 is 10.1 Å². The van der Waals surface area contributed by atoms with Crippen molar-refractivity contribution in [3.05, 3.63) is 29.8 Å². The molecular formula is C14H20F3NO3. The lowest BCUT2D eigenvalue weighted by molar-refractivity contribution is -0.275. The van der Waals surface area contributed by atoms with Gasteiger partial charge in [0.1, 0.15) is 5.75 Å². The Balaban J connectivity index is 2.73. The molecule has 21 heavy (non-hydrogen) atoms. The molecule has 1 aromatic rings. The first-order valence-corrected chi connectivity index (χ1v) is 6.53. The quantitative estimate of drug-likeness (QED) is 0.724. The number of benzene rings is 1.